The molecule has 0 unspecified atom stereocenters. The Balaban J connectivity index is 1.46. The number of nitrogens with one attached hydrogen (secondary N) is 2. The first kappa shape index (κ1) is 26.1. The van der Waals surface area contributed by atoms with Crippen LogP contribution in [0.2, 0.25) is 10.0 Å². The topological polar surface area (TPSA) is 89.9 Å². The van der Waals surface area contributed by atoms with Gasteiger partial charge in [-0.2, -0.15) is 0 Å². The van der Waals surface area contributed by atoms with Crippen molar-refractivity contribution in [2.75, 3.05) is 18.9 Å². The number of likely N-dealkylation sites (tertiary alicyclic amines) is 1. The summed E-state index contributed by atoms with van der Waals surface area (Å²) in [5, 5.41) is 4.42. The number of fused-ring (bicyclic) bond motifs is 3. The monoisotopic (exact) mass is 551 g/mol. The lowest BCUT2D eigenvalue weighted by Crippen LogP contribution is -2.51. The number of aromatic amines is 1. The van der Waals surface area contributed by atoms with Gasteiger partial charge in [0.2, 0.25) is 5.91 Å². The second-order valence-corrected chi connectivity index (χ2v) is 11.3. The third-order valence-corrected chi connectivity index (χ3v) is 8.07. The average molecular weight is 552 g/mol. The lowest BCUT2D eigenvalue weighted by atomic mass is 9.80. The number of rotatable bonds is 5. The minimum atomic E-state index is -0.986. The molecular weight excluding hydrogens is 525 g/mol. The zero-order valence-corrected chi connectivity index (χ0v) is 22.7. The molecule has 1 aromatic heterocycles. The Kier molecular flexibility index (Phi) is 6.62. The minimum absolute atomic E-state index is 0.0822. The summed E-state index contributed by atoms with van der Waals surface area (Å²) >= 11 is 12.4. The van der Waals surface area contributed by atoms with E-state index in [1.165, 1.54) is 9.80 Å². The smallest absolute Gasteiger partial charge is 0.302 e. The van der Waals surface area contributed by atoms with Crippen LogP contribution in [0.25, 0.3) is 15.7 Å². The summed E-state index contributed by atoms with van der Waals surface area (Å²) in [5.41, 5.74) is 1.41. The Morgan fingerprint density at radius 3 is 2.68 bits per heavy atom. The lowest BCUT2D eigenvalue weighted by Gasteiger charge is -2.32. The Bertz CT molecular complexity index is 1510. The van der Waals surface area contributed by atoms with Crippen molar-refractivity contribution in [2.24, 2.45) is 5.92 Å². The van der Waals surface area contributed by atoms with Crippen LogP contribution in [0.5, 0.6) is 0 Å². The molecule has 10 heteroatoms. The van der Waals surface area contributed by atoms with E-state index in [2.05, 4.69) is 15.1 Å². The Labute approximate surface area is 230 Å². The van der Waals surface area contributed by atoms with E-state index in [9.17, 15) is 14.4 Å². The van der Waals surface area contributed by atoms with E-state index >= 15 is 0 Å². The van der Waals surface area contributed by atoms with Gasteiger partial charge in [0.25, 0.3) is 11.8 Å². The highest BCUT2D eigenvalue weighted by Gasteiger charge is 2.59. The third kappa shape index (κ3) is 4.20. The van der Waals surface area contributed by atoms with E-state index in [1.54, 1.807) is 25.2 Å². The fourth-order valence-corrected chi connectivity index (χ4v) is 6.17. The number of aromatic nitrogens is 1. The van der Waals surface area contributed by atoms with E-state index in [4.69, 9.17) is 29.8 Å². The molecule has 8 nitrogen and oxygen atoms in total. The number of likely N-dealkylation sites (N-methyl/N-ethyl adjacent to an activating group) is 1. The number of carbonyl (C=O) groups is 3. The maximum absolute atomic E-state index is 14.1. The molecule has 0 aliphatic carbocycles. The van der Waals surface area contributed by atoms with Crippen molar-refractivity contribution < 1.29 is 14.4 Å². The van der Waals surface area contributed by atoms with Crippen LogP contribution in [0.1, 0.15) is 42.7 Å². The molecule has 3 heterocycles. The molecule has 2 N–H and O–H groups in total. The molecule has 0 saturated carbocycles. The number of hydrogen-bond donors (Lipinski definition) is 2. The molecule has 3 atom stereocenters. The molecule has 2 aliphatic heterocycles. The van der Waals surface area contributed by atoms with Crippen LogP contribution in [0.15, 0.2) is 42.5 Å². The summed E-state index contributed by atoms with van der Waals surface area (Å²) in [6.45, 7) is 11.8. The Hall–Kier alpha value is -3.54. The van der Waals surface area contributed by atoms with Crippen molar-refractivity contribution in [3.05, 3.63) is 75.2 Å². The zero-order chi connectivity index (χ0) is 27.4. The second kappa shape index (κ2) is 9.64. The molecule has 0 radical (unpaired) electrons. The highest BCUT2D eigenvalue weighted by molar-refractivity contribution is 6.38. The number of amides is 3. The van der Waals surface area contributed by atoms with Gasteiger partial charge in [-0.05, 0) is 42.2 Å². The van der Waals surface area contributed by atoms with Gasteiger partial charge in [-0.25, -0.2) is 6.57 Å². The first-order valence-electron chi connectivity index (χ1n) is 12.4. The summed E-state index contributed by atoms with van der Waals surface area (Å²) in [5.74, 6) is -0.846. The fraction of sp³-hybridized carbons (Fsp3) is 0.357. The van der Waals surface area contributed by atoms with Crippen LogP contribution in [-0.4, -0.2) is 58.3 Å². The average Bonchev–Trinajstić information content (AvgIpc) is 3.56. The first-order chi connectivity index (χ1) is 18.1. The van der Waals surface area contributed by atoms with Gasteiger partial charge in [-0.15, -0.1) is 0 Å². The molecule has 3 amide bonds. The van der Waals surface area contributed by atoms with E-state index < -0.39 is 17.6 Å². The molecule has 0 bridgehead atoms. The SMILES string of the molecule is [C-]#[N+][C@@H]1C[C@@]2(CN1C(=O)[C@H](CC(C)C)N(C)C(=O)c1cc3c(Cl)cc(Cl)cc3[nH]1)C(=O)Nc1ccccc12. The van der Waals surface area contributed by atoms with Gasteiger partial charge in [-0.3, -0.25) is 24.1 Å². The minimum Gasteiger partial charge on any atom is -0.350 e. The first-order valence-corrected chi connectivity index (χ1v) is 13.1. The molecule has 38 heavy (non-hydrogen) atoms. The quantitative estimate of drug-likeness (QED) is 0.420. The number of para-hydroxylation sites is 1. The maximum Gasteiger partial charge on any atom is 0.302 e. The predicted molar refractivity (Wildman–Crippen MR) is 147 cm³/mol. The standard InChI is InChI=1S/C28H27Cl2N5O3/c1-15(2)9-23(34(4)25(36)22-12-17-19(30)10-16(29)11-21(17)32-22)26(37)35-14-28(13-24(35)31-3)18-7-5-6-8-20(18)33-27(28)38/h5-8,10-12,15,23-24,32H,9,13-14H2,1-2,4H3,(H,33,38)/t23-,24-,28-/m0/s1. The van der Waals surface area contributed by atoms with Gasteiger partial charge in [0.15, 0.2) is 0 Å². The van der Waals surface area contributed by atoms with Crippen molar-refractivity contribution in [1.82, 2.24) is 14.8 Å². The molecule has 3 aromatic rings. The summed E-state index contributed by atoms with van der Waals surface area (Å²) in [6.07, 6.45) is -0.213. The van der Waals surface area contributed by atoms with Crippen molar-refractivity contribution in [3.63, 3.8) is 0 Å². The number of halogens is 2. The van der Waals surface area contributed by atoms with Crippen LogP contribution in [0.3, 0.4) is 0 Å². The Morgan fingerprint density at radius 2 is 1.97 bits per heavy atom. The van der Waals surface area contributed by atoms with E-state index in [0.29, 0.717) is 33.1 Å². The van der Waals surface area contributed by atoms with Crippen LogP contribution < -0.4 is 5.32 Å². The van der Waals surface area contributed by atoms with Gasteiger partial charge in [0, 0.05) is 35.2 Å². The maximum atomic E-state index is 14.1. The van der Waals surface area contributed by atoms with Crippen LogP contribution in [0, 0.1) is 12.5 Å². The molecule has 5 rings (SSSR count). The van der Waals surface area contributed by atoms with Gasteiger partial charge in [0.1, 0.15) is 17.2 Å². The second-order valence-electron chi connectivity index (χ2n) is 10.5. The van der Waals surface area contributed by atoms with Gasteiger partial charge in [-0.1, -0.05) is 55.2 Å². The van der Waals surface area contributed by atoms with Crippen LogP contribution in [-0.2, 0) is 15.0 Å². The van der Waals surface area contributed by atoms with Crippen LogP contribution >= 0.6 is 23.2 Å². The molecule has 2 aromatic carbocycles. The number of carbonyl (C=O) groups excluding carboxylic acids is 3. The number of H-pyrrole nitrogens is 1. The molecule has 196 valence electrons. The summed E-state index contributed by atoms with van der Waals surface area (Å²) in [7, 11) is 1.59. The summed E-state index contributed by atoms with van der Waals surface area (Å²) in [4.78, 5) is 50.5. The van der Waals surface area contributed by atoms with Gasteiger partial charge >= 0.3 is 6.17 Å². The summed E-state index contributed by atoms with van der Waals surface area (Å²) in [6, 6.07) is 11.5. The number of anilines is 1. The van der Waals surface area contributed by atoms with Crippen molar-refractivity contribution in [1.29, 1.82) is 0 Å². The van der Waals surface area contributed by atoms with Gasteiger partial charge in [0.05, 0.1) is 11.4 Å². The highest BCUT2D eigenvalue weighted by atomic mass is 35.5. The predicted octanol–water partition coefficient (Wildman–Crippen LogP) is 5.33. The Morgan fingerprint density at radius 1 is 1.24 bits per heavy atom. The number of hydrogen-bond acceptors (Lipinski definition) is 3. The number of benzene rings is 2. The fourth-order valence-electron chi connectivity index (χ4n) is 5.63. The molecule has 1 fully saturated rings. The molecule has 1 saturated heterocycles. The van der Waals surface area contributed by atoms with Crippen molar-refractivity contribution >= 4 is 57.5 Å². The summed E-state index contributed by atoms with van der Waals surface area (Å²) < 4.78 is 0. The normalized spacial score (nSPS) is 21.0. The van der Waals surface area contributed by atoms with E-state index in [1.807, 2.05) is 38.1 Å². The lowest BCUT2D eigenvalue weighted by molar-refractivity contribution is -0.136. The highest BCUT2D eigenvalue weighted by Crippen LogP contribution is 2.47. The van der Waals surface area contributed by atoms with Crippen LogP contribution in [0.4, 0.5) is 5.69 Å². The molecule has 2 aliphatic rings. The largest absolute Gasteiger partial charge is 0.350 e. The third-order valence-electron chi connectivity index (χ3n) is 7.54. The van der Waals surface area contributed by atoms with E-state index in [-0.39, 0.29) is 42.3 Å². The van der Waals surface area contributed by atoms with Crippen molar-refractivity contribution in [2.45, 2.75) is 44.3 Å². The molecule has 1 spiro atoms. The van der Waals surface area contributed by atoms with Crippen molar-refractivity contribution in [3.8, 4) is 0 Å². The van der Waals surface area contributed by atoms with E-state index in [0.717, 1.165) is 5.56 Å². The van der Waals surface area contributed by atoms with Gasteiger partial charge < -0.3 is 15.2 Å². The zero-order valence-electron chi connectivity index (χ0n) is 21.2. The molecular formula is C28H27Cl2N5O3. The number of nitrogens with zero attached hydrogens (tertiary/aromatic N) is 3.